The van der Waals surface area contributed by atoms with Gasteiger partial charge in [-0.25, -0.2) is 0 Å². The van der Waals surface area contributed by atoms with Gasteiger partial charge in [0.25, 0.3) is 8.32 Å². The van der Waals surface area contributed by atoms with Crippen LogP contribution in [0.3, 0.4) is 0 Å². The SMILES string of the molecule is CC1(C)O[C@H](CCI)C[C@@H](CO[Si](c2ccccc2)(c2ccccc2)C(C)(C)C)O1. The van der Waals surface area contributed by atoms with Crippen molar-refractivity contribution in [1.82, 2.24) is 0 Å². The zero-order chi connectivity index (χ0) is 21.8. The third-order valence-corrected chi connectivity index (χ3v) is 11.4. The first-order chi connectivity index (χ1) is 14.2. The van der Waals surface area contributed by atoms with Crippen molar-refractivity contribution in [1.29, 1.82) is 0 Å². The summed E-state index contributed by atoms with van der Waals surface area (Å²) in [5, 5.41) is 2.58. The van der Waals surface area contributed by atoms with E-state index in [4.69, 9.17) is 13.9 Å². The van der Waals surface area contributed by atoms with E-state index in [1.165, 1.54) is 10.4 Å². The molecule has 2 aromatic rings. The van der Waals surface area contributed by atoms with Gasteiger partial charge in [-0.3, -0.25) is 0 Å². The van der Waals surface area contributed by atoms with E-state index in [9.17, 15) is 0 Å². The lowest BCUT2D eigenvalue weighted by molar-refractivity contribution is -0.302. The summed E-state index contributed by atoms with van der Waals surface area (Å²) in [5.74, 6) is -0.575. The van der Waals surface area contributed by atoms with Gasteiger partial charge in [-0.2, -0.15) is 0 Å². The molecule has 0 unspecified atom stereocenters. The van der Waals surface area contributed by atoms with E-state index in [1.807, 2.05) is 13.8 Å². The number of halogens is 1. The molecule has 0 amide bonds. The van der Waals surface area contributed by atoms with Gasteiger partial charge in [0.2, 0.25) is 0 Å². The predicted octanol–water partition coefficient (Wildman–Crippen LogP) is 5.30. The minimum absolute atomic E-state index is 0.0298. The Labute approximate surface area is 196 Å². The summed E-state index contributed by atoms with van der Waals surface area (Å²) < 4.78 is 20.6. The second kappa shape index (κ2) is 9.82. The summed E-state index contributed by atoms with van der Waals surface area (Å²) >= 11 is 2.42. The molecule has 0 bridgehead atoms. The van der Waals surface area contributed by atoms with Crippen molar-refractivity contribution in [3.63, 3.8) is 0 Å². The first-order valence-electron chi connectivity index (χ1n) is 10.8. The van der Waals surface area contributed by atoms with E-state index in [1.54, 1.807) is 0 Å². The molecule has 0 aliphatic carbocycles. The van der Waals surface area contributed by atoms with Crippen LogP contribution in [0, 0.1) is 0 Å². The van der Waals surface area contributed by atoms with Gasteiger partial charge in [-0.1, -0.05) is 104 Å². The third-order valence-electron chi connectivity index (χ3n) is 5.76. The standard InChI is InChI=1S/C25H35IO3Si/c1-24(2,3)30(22-12-8-6-9-13-22,23-14-10-7-11-15-23)27-19-21-18-20(16-17-26)28-25(4,5)29-21/h6-15,20-21H,16-19H2,1-5H3/t20-,21+/m1/s1. The quantitative estimate of drug-likeness (QED) is 0.272. The minimum atomic E-state index is -2.54. The fourth-order valence-electron chi connectivity index (χ4n) is 4.60. The van der Waals surface area contributed by atoms with Gasteiger partial charge in [0.1, 0.15) is 0 Å². The highest BCUT2D eigenvalue weighted by Crippen LogP contribution is 2.38. The Hall–Kier alpha value is -0.733. The molecule has 30 heavy (non-hydrogen) atoms. The smallest absolute Gasteiger partial charge is 0.261 e. The Morgan fingerprint density at radius 3 is 1.90 bits per heavy atom. The lowest BCUT2D eigenvalue weighted by Crippen LogP contribution is -2.67. The van der Waals surface area contributed by atoms with Gasteiger partial charge in [-0.05, 0) is 35.7 Å². The first-order valence-corrected chi connectivity index (χ1v) is 14.3. The molecule has 1 heterocycles. The lowest BCUT2D eigenvalue weighted by Gasteiger charge is -2.46. The van der Waals surface area contributed by atoms with Crippen molar-refractivity contribution in [2.45, 2.75) is 70.5 Å². The molecule has 5 heteroatoms. The van der Waals surface area contributed by atoms with Crippen LogP contribution in [0.4, 0.5) is 0 Å². The molecule has 1 aliphatic heterocycles. The number of hydrogen-bond acceptors (Lipinski definition) is 3. The van der Waals surface area contributed by atoms with E-state index in [0.717, 1.165) is 17.3 Å². The number of ether oxygens (including phenoxy) is 2. The molecule has 2 aromatic carbocycles. The minimum Gasteiger partial charge on any atom is -0.405 e. The summed E-state index contributed by atoms with van der Waals surface area (Å²) in [6.07, 6.45) is 2.18. The van der Waals surface area contributed by atoms with Crippen molar-refractivity contribution < 1.29 is 13.9 Å². The molecule has 3 nitrogen and oxygen atoms in total. The second-order valence-corrected chi connectivity index (χ2v) is 15.0. The van der Waals surface area contributed by atoms with Crippen LogP contribution in [-0.2, 0) is 13.9 Å². The monoisotopic (exact) mass is 538 g/mol. The van der Waals surface area contributed by atoms with Crippen LogP contribution in [0.15, 0.2) is 60.7 Å². The van der Waals surface area contributed by atoms with Crippen LogP contribution in [0.1, 0.15) is 47.5 Å². The third kappa shape index (κ3) is 5.36. The Balaban J connectivity index is 1.96. The van der Waals surface area contributed by atoms with Gasteiger partial charge in [-0.15, -0.1) is 0 Å². The van der Waals surface area contributed by atoms with Gasteiger partial charge in [0.05, 0.1) is 18.8 Å². The van der Waals surface area contributed by atoms with Gasteiger partial charge < -0.3 is 13.9 Å². The van der Waals surface area contributed by atoms with Crippen molar-refractivity contribution >= 4 is 41.3 Å². The largest absolute Gasteiger partial charge is 0.405 e. The number of alkyl halides is 1. The Kier molecular flexibility index (Phi) is 7.83. The van der Waals surface area contributed by atoms with Crippen LogP contribution >= 0.6 is 22.6 Å². The van der Waals surface area contributed by atoms with Gasteiger partial charge in [0, 0.05) is 10.8 Å². The molecule has 0 spiro atoms. The molecule has 1 saturated heterocycles. The summed E-state index contributed by atoms with van der Waals surface area (Å²) in [7, 11) is -2.54. The number of benzene rings is 2. The number of rotatable bonds is 7. The van der Waals surface area contributed by atoms with Crippen LogP contribution in [0.2, 0.25) is 5.04 Å². The normalized spacial score (nSPS) is 22.1. The molecule has 2 atom stereocenters. The predicted molar refractivity (Wildman–Crippen MR) is 136 cm³/mol. The van der Waals surface area contributed by atoms with Crippen molar-refractivity contribution in [2.75, 3.05) is 11.0 Å². The maximum Gasteiger partial charge on any atom is 0.261 e. The zero-order valence-corrected chi connectivity index (χ0v) is 22.0. The first kappa shape index (κ1) is 23.9. The van der Waals surface area contributed by atoms with Gasteiger partial charge >= 0.3 is 0 Å². The average Bonchev–Trinajstić information content (AvgIpc) is 2.68. The number of hydrogen-bond donors (Lipinski definition) is 0. The van der Waals surface area contributed by atoms with E-state index in [2.05, 4.69) is 104 Å². The Morgan fingerprint density at radius 1 is 0.933 bits per heavy atom. The van der Waals surface area contributed by atoms with Crippen molar-refractivity contribution in [3.8, 4) is 0 Å². The topological polar surface area (TPSA) is 27.7 Å². The summed E-state index contributed by atoms with van der Waals surface area (Å²) in [4.78, 5) is 0. The highest BCUT2D eigenvalue weighted by Gasteiger charge is 2.51. The molecule has 1 aliphatic rings. The second-order valence-electron chi connectivity index (χ2n) is 9.57. The molecular weight excluding hydrogens is 503 g/mol. The molecule has 3 rings (SSSR count). The highest BCUT2D eigenvalue weighted by atomic mass is 127. The summed E-state index contributed by atoms with van der Waals surface area (Å²) in [6.45, 7) is 11.6. The average molecular weight is 539 g/mol. The molecular formula is C25H35IO3Si. The Bertz CT molecular complexity index is 750. The fourth-order valence-corrected chi connectivity index (χ4v) is 9.89. The summed E-state index contributed by atoms with van der Waals surface area (Å²) in [6, 6.07) is 21.6. The molecule has 0 N–H and O–H groups in total. The maximum absolute atomic E-state index is 7.08. The maximum atomic E-state index is 7.08. The highest BCUT2D eigenvalue weighted by molar-refractivity contribution is 14.1. The molecule has 0 aromatic heterocycles. The van der Waals surface area contributed by atoms with Gasteiger partial charge in [0.15, 0.2) is 5.79 Å². The Morgan fingerprint density at radius 2 is 1.43 bits per heavy atom. The molecule has 0 radical (unpaired) electrons. The van der Waals surface area contributed by atoms with Crippen LogP contribution in [0.25, 0.3) is 0 Å². The van der Waals surface area contributed by atoms with E-state index in [0.29, 0.717) is 6.61 Å². The van der Waals surface area contributed by atoms with E-state index < -0.39 is 14.1 Å². The van der Waals surface area contributed by atoms with Crippen LogP contribution in [0.5, 0.6) is 0 Å². The van der Waals surface area contributed by atoms with E-state index >= 15 is 0 Å². The fraction of sp³-hybridized carbons (Fsp3) is 0.520. The lowest BCUT2D eigenvalue weighted by atomic mass is 10.1. The van der Waals surface area contributed by atoms with Crippen LogP contribution in [-0.4, -0.2) is 37.3 Å². The molecule has 1 fully saturated rings. The van der Waals surface area contributed by atoms with E-state index in [-0.39, 0.29) is 17.2 Å². The molecule has 164 valence electrons. The van der Waals surface area contributed by atoms with Crippen molar-refractivity contribution in [3.05, 3.63) is 60.7 Å². The summed E-state index contributed by atoms with van der Waals surface area (Å²) in [5.41, 5.74) is 0. The zero-order valence-electron chi connectivity index (χ0n) is 18.9. The van der Waals surface area contributed by atoms with Crippen LogP contribution < -0.4 is 10.4 Å². The molecule has 0 saturated carbocycles. The van der Waals surface area contributed by atoms with Crippen molar-refractivity contribution in [2.24, 2.45) is 0 Å².